The zero-order valence-electron chi connectivity index (χ0n) is 10.00. The topological polar surface area (TPSA) is 66.4 Å². The minimum atomic E-state index is -1.07. The summed E-state index contributed by atoms with van der Waals surface area (Å²) in [5, 5.41) is 11.8. The molecule has 0 aromatic heterocycles. The number of rotatable bonds is 3. The van der Waals surface area contributed by atoms with Crippen LogP contribution in [0.3, 0.4) is 0 Å². The molecule has 0 atom stereocenters. The quantitative estimate of drug-likeness (QED) is 0.901. The maximum absolute atomic E-state index is 12.1. The number of carbonyl (C=O) groups excluding carboxylic acids is 1. The normalized spacial score (nSPS) is 16.8. The van der Waals surface area contributed by atoms with Gasteiger partial charge in [-0.3, -0.25) is 4.79 Å². The Bertz CT molecular complexity index is 509. The standard InChI is InChI=1S/C13H14BrNO3/c1-8-3-4-10(14)9(7-8)11(16)15-13(12(17)18)5-2-6-13/h3-4,7H,2,5-6H2,1H3,(H,15,16)(H,17,18). The van der Waals surface area contributed by atoms with Gasteiger partial charge < -0.3 is 10.4 Å². The van der Waals surface area contributed by atoms with Gasteiger partial charge in [-0.25, -0.2) is 4.79 Å². The molecular weight excluding hydrogens is 298 g/mol. The molecule has 1 amide bonds. The molecule has 0 aliphatic heterocycles. The molecule has 0 radical (unpaired) electrons. The SMILES string of the molecule is Cc1ccc(Br)c(C(=O)NC2(C(=O)O)CCC2)c1. The number of aryl methyl sites for hydroxylation is 1. The van der Waals surface area contributed by atoms with Crippen LogP contribution in [-0.4, -0.2) is 22.5 Å². The summed E-state index contributed by atoms with van der Waals surface area (Å²) in [6.45, 7) is 1.89. The molecule has 0 heterocycles. The number of carboxylic acids is 1. The molecule has 1 aliphatic rings. The van der Waals surface area contributed by atoms with Crippen LogP contribution in [0, 0.1) is 6.92 Å². The second-order valence-corrected chi connectivity index (χ2v) is 5.53. The minimum absolute atomic E-state index is 0.340. The molecule has 1 aromatic rings. The monoisotopic (exact) mass is 311 g/mol. The molecule has 0 saturated heterocycles. The third kappa shape index (κ3) is 2.27. The maximum Gasteiger partial charge on any atom is 0.329 e. The number of carbonyl (C=O) groups is 2. The average Bonchev–Trinajstić information content (AvgIpc) is 2.26. The third-order valence-electron chi connectivity index (χ3n) is 3.34. The van der Waals surface area contributed by atoms with Crippen LogP contribution in [-0.2, 0) is 4.79 Å². The Hall–Kier alpha value is -1.36. The fraction of sp³-hybridized carbons (Fsp3) is 0.385. The van der Waals surface area contributed by atoms with Gasteiger partial charge in [-0.05, 0) is 54.2 Å². The largest absolute Gasteiger partial charge is 0.480 e. The van der Waals surface area contributed by atoms with Crippen molar-refractivity contribution in [3.05, 3.63) is 33.8 Å². The van der Waals surface area contributed by atoms with Gasteiger partial charge in [0.05, 0.1) is 5.56 Å². The zero-order valence-corrected chi connectivity index (χ0v) is 11.6. The smallest absolute Gasteiger partial charge is 0.329 e. The Balaban J connectivity index is 2.22. The van der Waals surface area contributed by atoms with Crippen molar-refractivity contribution in [2.24, 2.45) is 0 Å². The van der Waals surface area contributed by atoms with Crippen molar-refractivity contribution < 1.29 is 14.7 Å². The van der Waals surface area contributed by atoms with Crippen LogP contribution in [0.5, 0.6) is 0 Å². The predicted molar refractivity (Wildman–Crippen MR) is 70.6 cm³/mol. The highest BCUT2D eigenvalue weighted by Crippen LogP contribution is 2.32. The van der Waals surface area contributed by atoms with E-state index in [1.807, 2.05) is 13.0 Å². The molecule has 0 unspecified atom stereocenters. The van der Waals surface area contributed by atoms with Crippen LogP contribution >= 0.6 is 15.9 Å². The number of hydrogen-bond acceptors (Lipinski definition) is 2. The second kappa shape index (κ2) is 4.72. The minimum Gasteiger partial charge on any atom is -0.480 e. The molecule has 0 spiro atoms. The number of aliphatic carboxylic acids is 1. The van der Waals surface area contributed by atoms with E-state index < -0.39 is 11.5 Å². The van der Waals surface area contributed by atoms with E-state index in [0.29, 0.717) is 22.9 Å². The number of halogens is 1. The number of nitrogens with one attached hydrogen (secondary N) is 1. The highest BCUT2D eigenvalue weighted by Gasteiger charge is 2.45. The van der Waals surface area contributed by atoms with E-state index in [1.54, 1.807) is 12.1 Å². The maximum atomic E-state index is 12.1. The highest BCUT2D eigenvalue weighted by molar-refractivity contribution is 9.10. The first kappa shape index (κ1) is 13.1. The lowest BCUT2D eigenvalue weighted by atomic mass is 9.76. The highest BCUT2D eigenvalue weighted by atomic mass is 79.9. The van der Waals surface area contributed by atoms with E-state index in [4.69, 9.17) is 0 Å². The van der Waals surface area contributed by atoms with Gasteiger partial charge in [-0.15, -0.1) is 0 Å². The van der Waals surface area contributed by atoms with Crippen LogP contribution < -0.4 is 5.32 Å². The predicted octanol–water partition coefficient (Wildman–Crippen LogP) is 2.49. The van der Waals surface area contributed by atoms with E-state index >= 15 is 0 Å². The number of benzene rings is 1. The van der Waals surface area contributed by atoms with Crippen molar-refractivity contribution in [1.29, 1.82) is 0 Å². The second-order valence-electron chi connectivity index (χ2n) is 4.68. The number of carboxylic acid groups (broad SMARTS) is 1. The summed E-state index contributed by atoms with van der Waals surface area (Å²) >= 11 is 3.31. The fourth-order valence-corrected chi connectivity index (χ4v) is 2.45. The first-order valence-corrected chi connectivity index (χ1v) is 6.56. The van der Waals surface area contributed by atoms with Gasteiger partial charge in [-0.2, -0.15) is 0 Å². The Kier molecular flexibility index (Phi) is 3.43. The molecule has 0 bridgehead atoms. The van der Waals surface area contributed by atoms with Gasteiger partial charge in [-0.1, -0.05) is 11.6 Å². The Morgan fingerprint density at radius 1 is 1.39 bits per heavy atom. The summed E-state index contributed by atoms with van der Waals surface area (Å²) in [4.78, 5) is 23.3. The van der Waals surface area contributed by atoms with Crippen LogP contribution in [0.25, 0.3) is 0 Å². The molecular formula is C13H14BrNO3. The third-order valence-corrected chi connectivity index (χ3v) is 4.03. The molecule has 1 aromatic carbocycles. The summed E-state index contributed by atoms with van der Waals surface area (Å²) in [5.74, 6) is -1.29. The molecule has 1 aliphatic carbocycles. The van der Waals surface area contributed by atoms with Gasteiger partial charge in [0.25, 0.3) is 5.91 Å². The zero-order chi connectivity index (χ0) is 13.3. The first-order valence-electron chi connectivity index (χ1n) is 5.77. The van der Waals surface area contributed by atoms with E-state index in [2.05, 4.69) is 21.2 Å². The Morgan fingerprint density at radius 2 is 2.06 bits per heavy atom. The van der Waals surface area contributed by atoms with Gasteiger partial charge in [0.1, 0.15) is 5.54 Å². The summed E-state index contributed by atoms with van der Waals surface area (Å²) in [6.07, 6.45) is 1.83. The van der Waals surface area contributed by atoms with Crippen LogP contribution in [0.2, 0.25) is 0 Å². The summed E-state index contributed by atoms with van der Waals surface area (Å²) in [5.41, 5.74) is 0.365. The Labute approximate surface area is 114 Å². The molecule has 18 heavy (non-hydrogen) atoms. The first-order chi connectivity index (χ1) is 8.44. The number of amides is 1. The lowest BCUT2D eigenvalue weighted by Gasteiger charge is -2.38. The van der Waals surface area contributed by atoms with Crippen LogP contribution in [0.15, 0.2) is 22.7 Å². The fourth-order valence-electron chi connectivity index (χ4n) is 2.02. The van der Waals surface area contributed by atoms with Gasteiger partial charge in [0.2, 0.25) is 0 Å². The molecule has 1 saturated carbocycles. The van der Waals surface area contributed by atoms with Crippen molar-refractivity contribution in [2.75, 3.05) is 0 Å². The lowest BCUT2D eigenvalue weighted by molar-refractivity contribution is -0.148. The van der Waals surface area contributed by atoms with Crippen LogP contribution in [0.4, 0.5) is 0 Å². The summed E-state index contributed by atoms with van der Waals surface area (Å²) < 4.78 is 0.672. The van der Waals surface area contributed by atoms with Crippen molar-refractivity contribution in [2.45, 2.75) is 31.7 Å². The average molecular weight is 312 g/mol. The Morgan fingerprint density at radius 3 is 2.56 bits per heavy atom. The summed E-state index contributed by atoms with van der Waals surface area (Å²) in [6, 6.07) is 5.42. The van der Waals surface area contributed by atoms with Gasteiger partial charge in [0, 0.05) is 4.47 Å². The summed E-state index contributed by atoms with van der Waals surface area (Å²) in [7, 11) is 0. The van der Waals surface area contributed by atoms with E-state index in [1.165, 1.54) is 0 Å². The van der Waals surface area contributed by atoms with Gasteiger partial charge in [0.15, 0.2) is 0 Å². The van der Waals surface area contributed by atoms with E-state index in [0.717, 1.165) is 12.0 Å². The molecule has 2 rings (SSSR count). The van der Waals surface area contributed by atoms with E-state index in [9.17, 15) is 14.7 Å². The van der Waals surface area contributed by atoms with Crippen molar-refractivity contribution in [3.63, 3.8) is 0 Å². The van der Waals surface area contributed by atoms with Gasteiger partial charge >= 0.3 is 5.97 Å². The molecule has 1 fully saturated rings. The van der Waals surface area contributed by atoms with Crippen molar-refractivity contribution in [1.82, 2.24) is 5.32 Å². The molecule has 4 nitrogen and oxygen atoms in total. The van der Waals surface area contributed by atoms with E-state index in [-0.39, 0.29) is 5.91 Å². The molecule has 2 N–H and O–H groups in total. The molecule has 96 valence electrons. The van der Waals surface area contributed by atoms with Crippen molar-refractivity contribution >= 4 is 27.8 Å². The number of hydrogen-bond donors (Lipinski definition) is 2. The lowest BCUT2D eigenvalue weighted by Crippen LogP contribution is -2.59. The molecule has 5 heteroatoms. The van der Waals surface area contributed by atoms with Crippen LogP contribution in [0.1, 0.15) is 35.2 Å². The van der Waals surface area contributed by atoms with Crippen molar-refractivity contribution in [3.8, 4) is 0 Å².